The van der Waals surface area contributed by atoms with Gasteiger partial charge in [-0.15, -0.1) is 0 Å². The predicted molar refractivity (Wildman–Crippen MR) is 94.2 cm³/mol. The van der Waals surface area contributed by atoms with Crippen LogP contribution < -0.4 is 5.32 Å². The van der Waals surface area contributed by atoms with Crippen LogP contribution in [-0.2, 0) is 13.6 Å². The van der Waals surface area contributed by atoms with Crippen molar-refractivity contribution in [2.75, 3.05) is 5.32 Å². The van der Waals surface area contributed by atoms with Crippen molar-refractivity contribution in [1.29, 1.82) is 0 Å². The number of rotatable bonds is 4. The Morgan fingerprint density at radius 2 is 2.00 bits per heavy atom. The fraction of sp³-hybridized carbons (Fsp3) is 0.111. The van der Waals surface area contributed by atoms with E-state index >= 15 is 0 Å². The molecule has 0 saturated carbocycles. The number of amides is 1. The van der Waals surface area contributed by atoms with Crippen LogP contribution in [0.2, 0.25) is 0 Å². The number of hydrogen-bond acceptors (Lipinski definition) is 4. The zero-order valence-electron chi connectivity index (χ0n) is 13.6. The van der Waals surface area contributed by atoms with Crippen LogP contribution in [-0.4, -0.2) is 30.5 Å². The van der Waals surface area contributed by atoms with E-state index in [1.807, 2.05) is 35.0 Å². The van der Waals surface area contributed by atoms with Gasteiger partial charge >= 0.3 is 0 Å². The average Bonchev–Trinajstić information content (AvgIpc) is 3.22. The Labute approximate surface area is 143 Å². The van der Waals surface area contributed by atoms with Crippen molar-refractivity contribution in [2.24, 2.45) is 7.05 Å². The van der Waals surface area contributed by atoms with Gasteiger partial charge in [0, 0.05) is 30.9 Å². The Morgan fingerprint density at radius 3 is 2.76 bits per heavy atom. The molecular weight excluding hydrogens is 316 g/mol. The number of fused-ring (bicyclic) bond motifs is 1. The molecule has 3 heterocycles. The van der Waals surface area contributed by atoms with Crippen LogP contribution in [0.25, 0.3) is 11.0 Å². The highest BCUT2D eigenvalue weighted by Crippen LogP contribution is 2.15. The van der Waals surface area contributed by atoms with Crippen LogP contribution in [0, 0.1) is 0 Å². The molecule has 4 aromatic rings. The number of carbonyl (C=O) groups excluding carboxylic acids is 1. The van der Waals surface area contributed by atoms with E-state index in [9.17, 15) is 4.79 Å². The molecule has 7 nitrogen and oxygen atoms in total. The number of benzene rings is 1. The summed E-state index contributed by atoms with van der Waals surface area (Å²) < 4.78 is 3.45. The van der Waals surface area contributed by atoms with Gasteiger partial charge in [0.15, 0.2) is 11.5 Å². The molecule has 0 saturated heterocycles. The number of aromatic nitrogens is 5. The molecule has 0 bridgehead atoms. The lowest BCUT2D eigenvalue weighted by atomic mass is 10.2. The molecule has 0 aliphatic rings. The molecule has 0 unspecified atom stereocenters. The molecule has 0 spiro atoms. The summed E-state index contributed by atoms with van der Waals surface area (Å²) in [6, 6.07) is 13.6. The number of anilines is 1. The van der Waals surface area contributed by atoms with Gasteiger partial charge in [0.05, 0.1) is 18.3 Å². The van der Waals surface area contributed by atoms with Crippen molar-refractivity contribution in [3.63, 3.8) is 0 Å². The minimum absolute atomic E-state index is 0.246. The van der Waals surface area contributed by atoms with E-state index in [-0.39, 0.29) is 5.91 Å². The van der Waals surface area contributed by atoms with Crippen LogP contribution in [0.4, 0.5) is 5.82 Å². The molecule has 3 aromatic heterocycles. The summed E-state index contributed by atoms with van der Waals surface area (Å²) in [5, 5.41) is 12.1. The summed E-state index contributed by atoms with van der Waals surface area (Å²) in [5.41, 5.74) is 2.36. The highest BCUT2D eigenvalue weighted by molar-refractivity contribution is 6.05. The number of nitrogens with one attached hydrogen (secondary N) is 1. The zero-order valence-corrected chi connectivity index (χ0v) is 13.6. The second kappa shape index (κ2) is 6.20. The average molecular weight is 332 g/mol. The molecule has 0 radical (unpaired) electrons. The third kappa shape index (κ3) is 3.12. The summed E-state index contributed by atoms with van der Waals surface area (Å²) >= 11 is 0. The predicted octanol–water partition coefficient (Wildman–Crippen LogP) is 2.47. The Kier molecular flexibility index (Phi) is 3.74. The van der Waals surface area contributed by atoms with Crippen LogP contribution in [0.1, 0.15) is 15.9 Å². The van der Waals surface area contributed by atoms with Crippen LogP contribution in [0.5, 0.6) is 0 Å². The summed E-state index contributed by atoms with van der Waals surface area (Å²) in [4.78, 5) is 16.8. The Morgan fingerprint density at radius 1 is 1.16 bits per heavy atom. The maximum absolute atomic E-state index is 12.3. The smallest absolute Gasteiger partial charge is 0.258 e. The number of carbonyl (C=O) groups is 1. The minimum atomic E-state index is -0.246. The van der Waals surface area contributed by atoms with Gasteiger partial charge in [-0.05, 0) is 11.6 Å². The van der Waals surface area contributed by atoms with Gasteiger partial charge in [0.1, 0.15) is 0 Å². The van der Waals surface area contributed by atoms with Crippen LogP contribution in [0.15, 0.2) is 61.1 Å². The molecule has 7 heteroatoms. The molecule has 0 atom stereocenters. The molecule has 1 aromatic carbocycles. The number of pyridine rings is 1. The van der Waals surface area contributed by atoms with Crippen molar-refractivity contribution >= 4 is 22.8 Å². The molecule has 0 aliphatic carbocycles. The monoisotopic (exact) mass is 332 g/mol. The third-order valence-corrected chi connectivity index (χ3v) is 3.87. The first-order chi connectivity index (χ1) is 12.2. The minimum Gasteiger partial charge on any atom is -0.305 e. The first-order valence-electron chi connectivity index (χ1n) is 7.85. The van der Waals surface area contributed by atoms with Crippen molar-refractivity contribution < 1.29 is 4.79 Å². The summed E-state index contributed by atoms with van der Waals surface area (Å²) in [6.07, 6.45) is 5.05. The Balaban J connectivity index is 1.57. The van der Waals surface area contributed by atoms with Gasteiger partial charge in [-0.3, -0.25) is 9.48 Å². The van der Waals surface area contributed by atoms with Crippen LogP contribution >= 0.6 is 0 Å². The zero-order chi connectivity index (χ0) is 17.2. The highest BCUT2D eigenvalue weighted by Gasteiger charge is 2.12. The Bertz CT molecular complexity index is 1030. The van der Waals surface area contributed by atoms with Gasteiger partial charge in [-0.2, -0.15) is 10.2 Å². The van der Waals surface area contributed by atoms with Gasteiger partial charge < -0.3 is 5.32 Å². The van der Waals surface area contributed by atoms with E-state index in [0.29, 0.717) is 17.9 Å². The van der Waals surface area contributed by atoms with Gasteiger partial charge in [0.2, 0.25) is 0 Å². The lowest BCUT2D eigenvalue weighted by molar-refractivity contribution is 0.102. The summed E-state index contributed by atoms with van der Waals surface area (Å²) in [6.45, 7) is 0.636. The maximum atomic E-state index is 12.3. The molecule has 124 valence electrons. The van der Waals surface area contributed by atoms with Crippen molar-refractivity contribution in [2.45, 2.75) is 6.54 Å². The number of aryl methyl sites for hydroxylation is 1. The largest absolute Gasteiger partial charge is 0.305 e. The first-order valence-corrected chi connectivity index (χ1v) is 7.85. The van der Waals surface area contributed by atoms with Crippen molar-refractivity contribution in [3.8, 4) is 0 Å². The summed E-state index contributed by atoms with van der Waals surface area (Å²) in [7, 11) is 1.80. The Hall–Kier alpha value is -3.48. The highest BCUT2D eigenvalue weighted by atomic mass is 16.1. The fourth-order valence-corrected chi connectivity index (χ4v) is 2.64. The lowest BCUT2D eigenvalue weighted by Gasteiger charge is -2.04. The van der Waals surface area contributed by atoms with E-state index in [1.54, 1.807) is 42.5 Å². The second-order valence-electron chi connectivity index (χ2n) is 5.75. The molecule has 0 fully saturated rings. The van der Waals surface area contributed by atoms with Gasteiger partial charge in [0.25, 0.3) is 5.91 Å². The van der Waals surface area contributed by atoms with Crippen LogP contribution in [0.3, 0.4) is 0 Å². The normalized spacial score (nSPS) is 10.9. The SMILES string of the molecule is Cn1ccc(NC(=O)c2cnc3c(cnn3Cc3ccccc3)c2)n1. The quantitative estimate of drug-likeness (QED) is 0.623. The molecule has 1 amide bonds. The van der Waals surface area contributed by atoms with Crippen molar-refractivity contribution in [1.82, 2.24) is 24.5 Å². The third-order valence-electron chi connectivity index (χ3n) is 3.87. The van der Waals surface area contributed by atoms with E-state index < -0.39 is 0 Å². The second-order valence-corrected chi connectivity index (χ2v) is 5.75. The van der Waals surface area contributed by atoms with Crippen molar-refractivity contribution in [3.05, 3.63) is 72.2 Å². The first kappa shape index (κ1) is 15.1. The van der Waals surface area contributed by atoms with E-state index in [4.69, 9.17) is 0 Å². The molecule has 4 rings (SSSR count). The topological polar surface area (TPSA) is 77.6 Å². The molecular formula is C18H16N6O. The number of hydrogen-bond donors (Lipinski definition) is 1. The van der Waals surface area contributed by atoms with E-state index in [1.165, 1.54) is 0 Å². The van der Waals surface area contributed by atoms with Gasteiger partial charge in [-0.1, -0.05) is 30.3 Å². The van der Waals surface area contributed by atoms with Gasteiger partial charge in [-0.25, -0.2) is 9.67 Å². The fourth-order valence-electron chi connectivity index (χ4n) is 2.64. The van der Waals surface area contributed by atoms with E-state index in [2.05, 4.69) is 20.5 Å². The lowest BCUT2D eigenvalue weighted by Crippen LogP contribution is -2.13. The maximum Gasteiger partial charge on any atom is 0.258 e. The molecule has 1 N–H and O–H groups in total. The summed E-state index contributed by atoms with van der Waals surface area (Å²) in [5.74, 6) is 0.260. The number of nitrogens with zero attached hydrogens (tertiary/aromatic N) is 5. The standard InChI is InChI=1S/C18H16N6O/c1-23-8-7-16(22-23)21-18(25)15-9-14-11-20-24(17(14)19-10-15)12-13-5-3-2-4-6-13/h2-11H,12H2,1H3,(H,21,22,25). The van der Waals surface area contributed by atoms with E-state index in [0.717, 1.165) is 16.6 Å². The molecule has 0 aliphatic heterocycles. The molecule has 25 heavy (non-hydrogen) atoms.